The van der Waals surface area contributed by atoms with Crippen molar-refractivity contribution in [1.82, 2.24) is 10.2 Å². The van der Waals surface area contributed by atoms with E-state index in [0.717, 1.165) is 0 Å². The van der Waals surface area contributed by atoms with Crippen LogP contribution in [0.15, 0.2) is 24.4 Å². The van der Waals surface area contributed by atoms with Crippen LogP contribution in [0.4, 0.5) is 10.1 Å². The average Bonchev–Trinajstić information content (AvgIpc) is 2.88. The van der Waals surface area contributed by atoms with Crippen molar-refractivity contribution in [3.63, 3.8) is 0 Å². The maximum absolute atomic E-state index is 13.3. The second-order valence-electron chi connectivity index (χ2n) is 4.33. The monoisotopic (exact) mass is 287 g/mol. The Bertz CT molecular complexity index is 713. The lowest BCUT2D eigenvalue weighted by molar-refractivity contribution is 0.102. The lowest BCUT2D eigenvalue weighted by Gasteiger charge is -2.07. The number of aryl methyl sites for hydroxylation is 1. The van der Waals surface area contributed by atoms with Gasteiger partial charge in [-0.15, -0.1) is 0 Å². The number of amides is 1. The first kappa shape index (κ1) is 14.8. The average molecular weight is 287 g/mol. The van der Waals surface area contributed by atoms with Gasteiger partial charge in [0.05, 0.1) is 29.6 Å². The Morgan fingerprint density at radius 3 is 3.00 bits per heavy atom. The van der Waals surface area contributed by atoms with Crippen molar-refractivity contribution >= 4 is 11.6 Å². The van der Waals surface area contributed by atoms with Gasteiger partial charge in [-0.05, 0) is 25.1 Å². The first-order valence-electron chi connectivity index (χ1n) is 6.32. The molecule has 0 fully saturated rings. The summed E-state index contributed by atoms with van der Waals surface area (Å²) in [6, 6.07) is 3.93. The summed E-state index contributed by atoms with van der Waals surface area (Å²) in [6.45, 7) is 1.66. The Balaban J connectivity index is 2.26. The number of H-pyrrole nitrogens is 1. The number of aliphatic hydroxyl groups excluding tert-OH is 1. The number of anilines is 1. The van der Waals surface area contributed by atoms with Crippen LogP contribution < -0.4 is 5.32 Å². The summed E-state index contributed by atoms with van der Waals surface area (Å²) < 4.78 is 13.3. The van der Waals surface area contributed by atoms with E-state index < -0.39 is 5.82 Å². The zero-order chi connectivity index (χ0) is 15.2. The molecule has 0 aliphatic carbocycles. The second kappa shape index (κ2) is 6.68. The molecule has 0 unspecified atom stereocenters. The van der Waals surface area contributed by atoms with Crippen LogP contribution >= 0.6 is 0 Å². The van der Waals surface area contributed by atoms with Gasteiger partial charge in [0.15, 0.2) is 0 Å². The number of halogens is 1. The second-order valence-corrected chi connectivity index (χ2v) is 4.33. The third kappa shape index (κ3) is 3.68. The van der Waals surface area contributed by atoms with Crippen LogP contribution in [-0.2, 0) is 0 Å². The molecule has 0 bridgehead atoms. The highest BCUT2D eigenvalue weighted by Gasteiger charge is 2.12. The lowest BCUT2D eigenvalue weighted by atomic mass is 10.1. The number of nitrogens with zero attached hydrogens (tertiary/aromatic N) is 1. The fourth-order valence-corrected chi connectivity index (χ4v) is 1.71. The summed E-state index contributed by atoms with van der Waals surface area (Å²) in [4.78, 5) is 12.1. The van der Waals surface area contributed by atoms with Gasteiger partial charge in [0.2, 0.25) is 0 Å². The van der Waals surface area contributed by atoms with Gasteiger partial charge < -0.3 is 10.4 Å². The number of carbonyl (C=O) groups excluding carboxylic acids is 1. The number of aliphatic hydroxyl groups is 1. The highest BCUT2D eigenvalue weighted by Crippen LogP contribution is 2.17. The molecule has 0 aliphatic rings. The van der Waals surface area contributed by atoms with E-state index in [1.165, 1.54) is 24.4 Å². The van der Waals surface area contributed by atoms with E-state index in [9.17, 15) is 9.18 Å². The van der Waals surface area contributed by atoms with Gasteiger partial charge in [-0.1, -0.05) is 11.8 Å². The topological polar surface area (TPSA) is 78.0 Å². The van der Waals surface area contributed by atoms with Crippen molar-refractivity contribution in [1.29, 1.82) is 0 Å². The molecule has 0 spiro atoms. The van der Waals surface area contributed by atoms with E-state index in [1.54, 1.807) is 6.92 Å². The van der Waals surface area contributed by atoms with E-state index in [-0.39, 0.29) is 18.9 Å². The van der Waals surface area contributed by atoms with Crippen LogP contribution in [0.2, 0.25) is 0 Å². The summed E-state index contributed by atoms with van der Waals surface area (Å²) in [5, 5.41) is 17.8. The molecule has 1 aromatic heterocycles. The van der Waals surface area contributed by atoms with E-state index >= 15 is 0 Å². The maximum atomic E-state index is 13.3. The maximum Gasteiger partial charge on any atom is 0.259 e. The molecule has 21 heavy (non-hydrogen) atoms. The molecular weight excluding hydrogens is 273 g/mol. The zero-order valence-corrected chi connectivity index (χ0v) is 11.4. The lowest BCUT2D eigenvalue weighted by Crippen LogP contribution is -2.13. The SMILES string of the molecule is Cc1[nH]ncc1C(=O)Nc1ccc(F)cc1C#CCCO. The molecule has 0 atom stereocenters. The van der Waals surface area contributed by atoms with Gasteiger partial charge in [0.1, 0.15) is 5.82 Å². The molecule has 1 heterocycles. The Morgan fingerprint density at radius 1 is 1.52 bits per heavy atom. The number of aromatic amines is 1. The standard InChI is InChI=1S/C15H14FN3O2/c1-10-13(9-17-19-10)15(21)18-14-6-5-12(16)8-11(14)4-2-3-7-20/h5-6,8-9,20H,3,7H2,1H3,(H,17,19)(H,18,21). The third-order valence-corrected chi connectivity index (χ3v) is 2.76. The minimum Gasteiger partial charge on any atom is -0.395 e. The van der Waals surface area contributed by atoms with Gasteiger partial charge >= 0.3 is 0 Å². The predicted molar refractivity (Wildman–Crippen MR) is 76.3 cm³/mol. The van der Waals surface area contributed by atoms with Gasteiger partial charge in [0.25, 0.3) is 5.91 Å². The van der Waals surface area contributed by atoms with Crippen LogP contribution in [0.3, 0.4) is 0 Å². The van der Waals surface area contributed by atoms with Crippen molar-refractivity contribution in [3.05, 3.63) is 47.0 Å². The fraction of sp³-hybridized carbons (Fsp3) is 0.200. The van der Waals surface area contributed by atoms with Crippen LogP contribution in [0, 0.1) is 24.6 Å². The molecule has 2 aromatic rings. The summed E-state index contributed by atoms with van der Waals surface area (Å²) >= 11 is 0. The molecule has 5 nitrogen and oxygen atoms in total. The molecule has 0 saturated heterocycles. The van der Waals surface area contributed by atoms with Crippen LogP contribution in [0.5, 0.6) is 0 Å². The summed E-state index contributed by atoms with van der Waals surface area (Å²) in [5.74, 6) is 4.64. The smallest absolute Gasteiger partial charge is 0.259 e. The summed E-state index contributed by atoms with van der Waals surface area (Å²) in [7, 11) is 0. The van der Waals surface area contributed by atoms with Crippen LogP contribution in [0.1, 0.15) is 28.0 Å². The quantitative estimate of drug-likeness (QED) is 0.754. The van der Waals surface area contributed by atoms with Crippen molar-refractivity contribution in [2.24, 2.45) is 0 Å². The summed E-state index contributed by atoms with van der Waals surface area (Å²) in [5.41, 5.74) is 1.82. The minimum atomic E-state index is -0.444. The van der Waals surface area contributed by atoms with Crippen molar-refractivity contribution in [3.8, 4) is 11.8 Å². The van der Waals surface area contributed by atoms with E-state index in [1.807, 2.05) is 0 Å². The van der Waals surface area contributed by atoms with Gasteiger partial charge in [-0.3, -0.25) is 9.89 Å². The molecule has 2 rings (SSSR count). The number of rotatable bonds is 3. The molecule has 1 amide bonds. The van der Waals surface area contributed by atoms with Crippen molar-refractivity contribution < 1.29 is 14.3 Å². The number of carbonyl (C=O) groups is 1. The van der Waals surface area contributed by atoms with Crippen LogP contribution in [-0.4, -0.2) is 27.8 Å². The predicted octanol–water partition coefficient (Wildman–Crippen LogP) is 1.84. The highest BCUT2D eigenvalue weighted by molar-refractivity contribution is 6.05. The van der Waals surface area contributed by atoms with E-state index in [0.29, 0.717) is 22.5 Å². The molecule has 0 saturated carbocycles. The van der Waals surface area contributed by atoms with Gasteiger partial charge in [0, 0.05) is 12.1 Å². The molecule has 3 N–H and O–H groups in total. The first-order chi connectivity index (χ1) is 10.1. The Kier molecular flexibility index (Phi) is 4.69. The minimum absolute atomic E-state index is 0.0712. The molecular formula is C15H14FN3O2. The Morgan fingerprint density at radius 2 is 2.33 bits per heavy atom. The number of hydrogen-bond acceptors (Lipinski definition) is 3. The van der Waals surface area contributed by atoms with E-state index in [4.69, 9.17) is 5.11 Å². The van der Waals surface area contributed by atoms with Crippen molar-refractivity contribution in [2.75, 3.05) is 11.9 Å². The van der Waals surface area contributed by atoms with E-state index in [2.05, 4.69) is 27.4 Å². The van der Waals surface area contributed by atoms with Crippen LogP contribution in [0.25, 0.3) is 0 Å². The Labute approximate surface area is 121 Å². The third-order valence-electron chi connectivity index (χ3n) is 2.76. The number of aromatic nitrogens is 2. The largest absolute Gasteiger partial charge is 0.395 e. The first-order valence-corrected chi connectivity index (χ1v) is 6.32. The Hall–Kier alpha value is -2.65. The molecule has 0 radical (unpaired) electrons. The molecule has 6 heteroatoms. The van der Waals surface area contributed by atoms with Crippen molar-refractivity contribution in [2.45, 2.75) is 13.3 Å². The number of hydrogen-bond donors (Lipinski definition) is 3. The van der Waals surface area contributed by atoms with Gasteiger partial charge in [-0.2, -0.15) is 5.10 Å². The highest BCUT2D eigenvalue weighted by atomic mass is 19.1. The number of nitrogens with one attached hydrogen (secondary N) is 2. The van der Waals surface area contributed by atoms with Gasteiger partial charge in [-0.25, -0.2) is 4.39 Å². The molecule has 0 aliphatic heterocycles. The molecule has 1 aromatic carbocycles. The normalized spacial score (nSPS) is 9.86. The molecule has 108 valence electrons. The number of benzene rings is 1. The zero-order valence-electron chi connectivity index (χ0n) is 11.4. The summed E-state index contributed by atoms with van der Waals surface area (Å²) in [6.07, 6.45) is 1.70. The fourth-order valence-electron chi connectivity index (χ4n) is 1.71.